The summed E-state index contributed by atoms with van der Waals surface area (Å²) in [5, 5.41) is 4.79. The second-order valence-electron chi connectivity index (χ2n) is 8.46. The number of anilines is 1. The van der Waals surface area contributed by atoms with Gasteiger partial charge in [0, 0.05) is 37.8 Å². The Hall–Kier alpha value is -4.33. The van der Waals surface area contributed by atoms with Gasteiger partial charge in [-0.15, -0.1) is 0 Å². The molecular formula is C28H27FN4O3. The number of halogens is 1. The Kier molecular flexibility index (Phi) is 6.58. The Bertz CT molecular complexity index is 1360. The fourth-order valence-corrected chi connectivity index (χ4v) is 4.46. The van der Waals surface area contributed by atoms with Crippen molar-refractivity contribution in [3.05, 3.63) is 90.4 Å². The smallest absolute Gasteiger partial charge is 0.272 e. The number of rotatable bonds is 6. The third-order valence-electron chi connectivity index (χ3n) is 6.37. The van der Waals surface area contributed by atoms with Gasteiger partial charge >= 0.3 is 0 Å². The fourth-order valence-electron chi connectivity index (χ4n) is 4.46. The number of carbonyl (C=O) groups excluding carboxylic acids is 1. The second-order valence-corrected chi connectivity index (χ2v) is 8.46. The van der Waals surface area contributed by atoms with Gasteiger partial charge in [-0.1, -0.05) is 30.3 Å². The highest BCUT2D eigenvalue weighted by atomic mass is 19.1. The largest absolute Gasteiger partial charge is 0.497 e. The summed E-state index contributed by atoms with van der Waals surface area (Å²) in [6.45, 7) is 2.05. The molecule has 1 saturated heterocycles. The van der Waals surface area contributed by atoms with Crippen LogP contribution in [0.5, 0.6) is 11.5 Å². The third kappa shape index (κ3) is 4.49. The van der Waals surface area contributed by atoms with E-state index in [2.05, 4.69) is 0 Å². The third-order valence-corrected chi connectivity index (χ3v) is 6.37. The highest BCUT2D eigenvalue weighted by molar-refractivity contribution is 5.95. The number of amides is 1. The first-order valence-corrected chi connectivity index (χ1v) is 11.8. The molecule has 0 spiro atoms. The lowest BCUT2D eigenvalue weighted by Gasteiger charge is -2.36. The van der Waals surface area contributed by atoms with Gasteiger partial charge in [0.25, 0.3) is 5.91 Å². The molecule has 0 radical (unpaired) electrons. The predicted octanol–water partition coefficient (Wildman–Crippen LogP) is 4.66. The van der Waals surface area contributed by atoms with E-state index in [4.69, 9.17) is 14.6 Å². The average Bonchev–Trinajstić information content (AvgIpc) is 3.38. The maximum atomic E-state index is 14.3. The molecule has 7 nitrogen and oxygen atoms in total. The van der Waals surface area contributed by atoms with Crippen LogP contribution in [0.25, 0.3) is 16.9 Å². The Morgan fingerprint density at radius 3 is 2.28 bits per heavy atom. The maximum Gasteiger partial charge on any atom is 0.272 e. The first kappa shape index (κ1) is 23.4. The molecule has 4 aromatic rings. The number of ether oxygens (including phenoxy) is 2. The molecule has 0 saturated carbocycles. The Balaban J connectivity index is 1.46. The summed E-state index contributed by atoms with van der Waals surface area (Å²) in [6, 6.07) is 23.6. The molecule has 0 unspecified atom stereocenters. The lowest BCUT2D eigenvalue weighted by molar-refractivity contribution is 0.0737. The van der Waals surface area contributed by atoms with Crippen molar-refractivity contribution in [3.8, 4) is 28.4 Å². The molecule has 1 aromatic heterocycles. The van der Waals surface area contributed by atoms with Crippen LogP contribution in [0.4, 0.5) is 10.1 Å². The minimum atomic E-state index is -0.252. The van der Waals surface area contributed by atoms with Gasteiger partial charge in [0.1, 0.15) is 23.0 Å². The van der Waals surface area contributed by atoms with Crippen LogP contribution < -0.4 is 14.4 Å². The van der Waals surface area contributed by atoms with Crippen LogP contribution in [0.15, 0.2) is 78.9 Å². The van der Waals surface area contributed by atoms with Crippen molar-refractivity contribution in [2.45, 2.75) is 0 Å². The minimum absolute atomic E-state index is 0.127. The van der Waals surface area contributed by atoms with E-state index in [9.17, 15) is 9.18 Å². The maximum absolute atomic E-state index is 14.3. The first-order valence-electron chi connectivity index (χ1n) is 11.8. The van der Waals surface area contributed by atoms with Crippen LogP contribution in [-0.4, -0.2) is 61.0 Å². The number of benzene rings is 3. The molecule has 2 heterocycles. The van der Waals surface area contributed by atoms with Gasteiger partial charge in [-0.2, -0.15) is 5.10 Å². The van der Waals surface area contributed by atoms with E-state index in [1.807, 2.05) is 53.4 Å². The normalized spacial score (nSPS) is 13.5. The van der Waals surface area contributed by atoms with Crippen LogP contribution in [-0.2, 0) is 0 Å². The SMILES string of the molecule is COc1ccc(-c2cc(C(=O)N3CCN(c4ccccc4F)CC3)n(-c3ccccc3)n2)c(OC)c1. The molecule has 0 N–H and O–H groups in total. The molecule has 1 fully saturated rings. The Morgan fingerprint density at radius 1 is 0.861 bits per heavy atom. The number of nitrogens with zero attached hydrogens (tertiary/aromatic N) is 4. The van der Waals surface area contributed by atoms with E-state index in [0.717, 1.165) is 11.3 Å². The Morgan fingerprint density at radius 2 is 1.58 bits per heavy atom. The van der Waals surface area contributed by atoms with E-state index < -0.39 is 0 Å². The van der Waals surface area contributed by atoms with Gasteiger partial charge in [0.2, 0.25) is 0 Å². The molecular weight excluding hydrogens is 459 g/mol. The van der Waals surface area contributed by atoms with E-state index >= 15 is 0 Å². The molecule has 1 amide bonds. The summed E-state index contributed by atoms with van der Waals surface area (Å²) < 4.78 is 26.8. The molecule has 3 aromatic carbocycles. The van der Waals surface area contributed by atoms with Crippen molar-refractivity contribution in [1.29, 1.82) is 0 Å². The van der Waals surface area contributed by atoms with E-state index in [0.29, 0.717) is 54.8 Å². The van der Waals surface area contributed by atoms with Crippen LogP contribution in [0, 0.1) is 5.82 Å². The minimum Gasteiger partial charge on any atom is -0.497 e. The molecule has 1 aliphatic heterocycles. The van der Waals surface area contributed by atoms with Gasteiger partial charge in [-0.25, -0.2) is 9.07 Å². The highest BCUT2D eigenvalue weighted by Gasteiger charge is 2.27. The number of hydrogen-bond donors (Lipinski definition) is 0. The van der Waals surface area contributed by atoms with E-state index in [1.165, 1.54) is 6.07 Å². The number of piperazine rings is 1. The molecule has 0 bridgehead atoms. The van der Waals surface area contributed by atoms with Crippen LogP contribution in [0.2, 0.25) is 0 Å². The molecule has 0 atom stereocenters. The van der Waals surface area contributed by atoms with Crippen molar-refractivity contribution in [1.82, 2.24) is 14.7 Å². The number of carbonyl (C=O) groups is 1. The van der Waals surface area contributed by atoms with Crippen molar-refractivity contribution < 1.29 is 18.7 Å². The number of aromatic nitrogens is 2. The van der Waals surface area contributed by atoms with Crippen LogP contribution in [0.1, 0.15) is 10.5 Å². The van der Waals surface area contributed by atoms with Gasteiger partial charge in [0.15, 0.2) is 0 Å². The first-order chi connectivity index (χ1) is 17.6. The zero-order valence-corrected chi connectivity index (χ0v) is 20.2. The van der Waals surface area contributed by atoms with Gasteiger partial charge in [-0.3, -0.25) is 4.79 Å². The fraction of sp³-hybridized carbons (Fsp3) is 0.214. The lowest BCUT2D eigenvalue weighted by atomic mass is 10.1. The number of methoxy groups -OCH3 is 2. The lowest BCUT2D eigenvalue weighted by Crippen LogP contribution is -2.49. The summed E-state index contributed by atoms with van der Waals surface area (Å²) >= 11 is 0. The highest BCUT2D eigenvalue weighted by Crippen LogP contribution is 2.34. The molecule has 8 heteroatoms. The van der Waals surface area contributed by atoms with Gasteiger partial charge < -0.3 is 19.3 Å². The summed E-state index contributed by atoms with van der Waals surface area (Å²) in [7, 11) is 3.19. The quantitative estimate of drug-likeness (QED) is 0.397. The van der Waals surface area contributed by atoms with Gasteiger partial charge in [0.05, 0.1) is 31.3 Å². The zero-order valence-electron chi connectivity index (χ0n) is 20.2. The number of hydrogen-bond acceptors (Lipinski definition) is 5. The molecule has 184 valence electrons. The summed E-state index contributed by atoms with van der Waals surface area (Å²) in [5.74, 6) is 0.891. The van der Waals surface area contributed by atoms with Crippen LogP contribution >= 0.6 is 0 Å². The van der Waals surface area contributed by atoms with E-state index in [1.54, 1.807) is 48.1 Å². The van der Waals surface area contributed by atoms with Crippen molar-refractivity contribution in [3.63, 3.8) is 0 Å². The average molecular weight is 487 g/mol. The van der Waals surface area contributed by atoms with Crippen molar-refractivity contribution >= 4 is 11.6 Å². The molecule has 1 aliphatic rings. The molecule has 36 heavy (non-hydrogen) atoms. The number of para-hydroxylation sites is 2. The van der Waals surface area contributed by atoms with Gasteiger partial charge in [-0.05, 0) is 42.5 Å². The summed E-state index contributed by atoms with van der Waals surface area (Å²) in [4.78, 5) is 17.5. The van der Waals surface area contributed by atoms with E-state index in [-0.39, 0.29) is 11.7 Å². The topological polar surface area (TPSA) is 59.8 Å². The standard InChI is InChI=1S/C28H27FN4O3/c1-35-21-12-13-22(27(18-21)36-2)24-19-26(33(30-24)20-8-4-3-5-9-20)28(34)32-16-14-31(15-17-32)25-11-7-6-10-23(25)29/h3-13,18-19H,14-17H2,1-2H3. The van der Waals surface area contributed by atoms with Crippen LogP contribution in [0.3, 0.4) is 0 Å². The second kappa shape index (κ2) is 10.1. The summed E-state index contributed by atoms with van der Waals surface area (Å²) in [5.41, 5.74) is 3.17. The van der Waals surface area contributed by atoms with Crippen molar-refractivity contribution in [2.24, 2.45) is 0 Å². The predicted molar refractivity (Wildman–Crippen MR) is 137 cm³/mol. The zero-order chi connectivity index (χ0) is 25.1. The Labute approximate surface area is 209 Å². The monoisotopic (exact) mass is 486 g/mol. The summed E-state index contributed by atoms with van der Waals surface area (Å²) in [6.07, 6.45) is 0. The van der Waals surface area contributed by atoms with Crippen molar-refractivity contribution in [2.75, 3.05) is 45.3 Å². The molecule has 0 aliphatic carbocycles. The molecule has 5 rings (SSSR count).